The average molecular weight is 291 g/mol. The highest BCUT2D eigenvalue weighted by Gasteiger charge is 2.21. The summed E-state index contributed by atoms with van der Waals surface area (Å²) in [5.41, 5.74) is 9.86. The van der Waals surface area contributed by atoms with Gasteiger partial charge in [0.1, 0.15) is 6.54 Å². The lowest BCUT2D eigenvalue weighted by atomic mass is 10.2. The first-order valence-electron chi connectivity index (χ1n) is 7.04. The molecule has 0 aliphatic carbocycles. The van der Waals surface area contributed by atoms with Gasteiger partial charge in [0.05, 0.1) is 11.0 Å². The second-order valence-corrected chi connectivity index (χ2v) is 5.12. The van der Waals surface area contributed by atoms with Gasteiger partial charge in [-0.3, -0.25) is 0 Å². The number of nitrogen functional groups attached to an aromatic ring is 1. The molecular weight excluding hydrogens is 276 g/mol. The van der Waals surface area contributed by atoms with Crippen LogP contribution in [-0.2, 0) is 6.54 Å². The molecule has 6 heteroatoms. The van der Waals surface area contributed by atoms with Crippen molar-refractivity contribution in [2.24, 2.45) is 0 Å². The molecule has 0 amide bonds. The number of H-pyrrole nitrogens is 2. The van der Waals surface area contributed by atoms with Crippen molar-refractivity contribution >= 4 is 16.9 Å². The number of para-hydroxylation sites is 2. The lowest BCUT2D eigenvalue weighted by molar-refractivity contribution is -0.732. The molecule has 6 nitrogen and oxygen atoms in total. The van der Waals surface area contributed by atoms with E-state index in [9.17, 15) is 0 Å². The van der Waals surface area contributed by atoms with E-state index in [1.165, 1.54) is 0 Å². The second kappa shape index (κ2) is 5.00. The summed E-state index contributed by atoms with van der Waals surface area (Å²) in [6.45, 7) is 0.639. The summed E-state index contributed by atoms with van der Waals surface area (Å²) in [5.74, 6) is 1.23. The maximum Gasteiger partial charge on any atom is 0.286 e. The van der Waals surface area contributed by atoms with Gasteiger partial charge in [0.15, 0.2) is 5.82 Å². The number of aromatic nitrogens is 5. The number of nitrogens with zero attached hydrogens (tertiary/aromatic N) is 3. The number of anilines is 1. The molecule has 0 saturated carbocycles. The van der Waals surface area contributed by atoms with Gasteiger partial charge in [-0.05, 0) is 22.8 Å². The summed E-state index contributed by atoms with van der Waals surface area (Å²) in [7, 11) is 0. The monoisotopic (exact) mass is 291 g/mol. The van der Waals surface area contributed by atoms with Crippen LogP contribution in [0.5, 0.6) is 0 Å². The van der Waals surface area contributed by atoms with Crippen LogP contribution in [0, 0.1) is 0 Å². The van der Waals surface area contributed by atoms with Crippen molar-refractivity contribution in [3.63, 3.8) is 0 Å². The van der Waals surface area contributed by atoms with Crippen molar-refractivity contribution < 1.29 is 4.68 Å². The zero-order valence-corrected chi connectivity index (χ0v) is 11.8. The van der Waals surface area contributed by atoms with Crippen molar-refractivity contribution in [3.05, 3.63) is 60.2 Å². The molecule has 0 radical (unpaired) electrons. The van der Waals surface area contributed by atoms with Crippen LogP contribution in [-0.4, -0.2) is 20.3 Å². The third-order valence-electron chi connectivity index (χ3n) is 3.61. The third kappa shape index (κ3) is 2.10. The van der Waals surface area contributed by atoms with Gasteiger partial charge in [-0.2, -0.15) is 4.68 Å². The Kier molecular flexibility index (Phi) is 2.86. The number of nitrogens with two attached hydrogens (primary N) is 1. The summed E-state index contributed by atoms with van der Waals surface area (Å²) >= 11 is 0. The van der Waals surface area contributed by atoms with Gasteiger partial charge in [0, 0.05) is 0 Å². The van der Waals surface area contributed by atoms with Crippen molar-refractivity contribution in [1.29, 1.82) is 0 Å². The molecule has 2 aromatic heterocycles. The average Bonchev–Trinajstić information content (AvgIpc) is 3.12. The predicted molar refractivity (Wildman–Crippen MR) is 83.8 cm³/mol. The normalized spacial score (nSPS) is 11.1. The van der Waals surface area contributed by atoms with Crippen molar-refractivity contribution in [2.45, 2.75) is 6.54 Å². The summed E-state index contributed by atoms with van der Waals surface area (Å²) in [5, 5.41) is 7.24. The number of benzene rings is 2. The molecular formula is C16H15N6+. The fraction of sp³-hybridized carbons (Fsp3) is 0.0625. The molecule has 0 aliphatic heterocycles. The van der Waals surface area contributed by atoms with Gasteiger partial charge in [-0.15, -0.1) is 5.21 Å². The zero-order valence-electron chi connectivity index (χ0n) is 11.8. The number of nitrogens with one attached hydrogen (secondary N) is 2. The molecule has 0 unspecified atom stereocenters. The Hall–Kier alpha value is -3.15. The van der Waals surface area contributed by atoms with Gasteiger partial charge in [-0.1, -0.05) is 42.5 Å². The number of imidazole rings is 1. The van der Waals surface area contributed by atoms with Crippen LogP contribution in [0.25, 0.3) is 22.6 Å². The molecule has 0 bridgehead atoms. The minimum Gasteiger partial charge on any atom is -0.335 e. The molecule has 4 rings (SSSR count). The SMILES string of the molecule is Nc1c(-c2nc3ccccc3[nH]2)n[nH][n+]1Cc1ccccc1. The van der Waals surface area contributed by atoms with E-state index in [1.807, 2.05) is 54.6 Å². The standard InChI is InChI=1S/C16H14N6/c17-15-14(16-18-12-8-4-5-9-13(12)19-16)20-21-22(15)10-11-6-2-1-3-7-11/h1-9H,10H2,(H3,17,18,19,20,21)/p+1. The van der Waals surface area contributed by atoms with Gasteiger partial charge in [0.2, 0.25) is 0 Å². The first-order valence-corrected chi connectivity index (χ1v) is 7.04. The topological polar surface area (TPSA) is 87.3 Å². The molecule has 0 saturated heterocycles. The van der Waals surface area contributed by atoms with Crippen LogP contribution in [0.2, 0.25) is 0 Å². The van der Waals surface area contributed by atoms with Gasteiger partial charge in [0.25, 0.3) is 11.5 Å². The van der Waals surface area contributed by atoms with Gasteiger partial charge < -0.3 is 10.7 Å². The molecule has 0 atom stereocenters. The maximum atomic E-state index is 6.21. The second-order valence-electron chi connectivity index (χ2n) is 5.12. The molecule has 0 fully saturated rings. The van der Waals surface area contributed by atoms with Gasteiger partial charge in [-0.25, -0.2) is 4.98 Å². The van der Waals surface area contributed by atoms with E-state index < -0.39 is 0 Å². The van der Waals surface area contributed by atoms with E-state index in [2.05, 4.69) is 20.3 Å². The lowest BCUT2D eigenvalue weighted by Crippen LogP contribution is -2.39. The Balaban J connectivity index is 1.71. The first-order chi connectivity index (χ1) is 10.8. The number of fused-ring (bicyclic) bond motifs is 1. The van der Waals surface area contributed by atoms with Gasteiger partial charge >= 0.3 is 0 Å². The van der Waals surface area contributed by atoms with Crippen molar-refractivity contribution in [2.75, 3.05) is 5.73 Å². The van der Waals surface area contributed by atoms with Crippen LogP contribution in [0.4, 0.5) is 5.82 Å². The number of hydrogen-bond donors (Lipinski definition) is 3. The smallest absolute Gasteiger partial charge is 0.286 e. The summed E-state index contributed by atoms with van der Waals surface area (Å²) < 4.78 is 1.80. The van der Waals surface area contributed by atoms with Crippen molar-refractivity contribution in [3.8, 4) is 11.5 Å². The fourth-order valence-electron chi connectivity index (χ4n) is 2.48. The van der Waals surface area contributed by atoms with Crippen LogP contribution < -0.4 is 10.4 Å². The molecule has 2 heterocycles. The zero-order chi connectivity index (χ0) is 14.9. The van der Waals surface area contributed by atoms with E-state index in [1.54, 1.807) is 4.68 Å². The molecule has 2 aromatic carbocycles. The van der Waals surface area contributed by atoms with E-state index >= 15 is 0 Å². The molecule has 22 heavy (non-hydrogen) atoms. The lowest BCUT2D eigenvalue weighted by Gasteiger charge is -1.98. The summed E-state index contributed by atoms with van der Waals surface area (Å²) in [4.78, 5) is 7.78. The minimum absolute atomic E-state index is 0.558. The highest BCUT2D eigenvalue weighted by Crippen LogP contribution is 2.21. The number of rotatable bonds is 3. The van der Waals surface area contributed by atoms with E-state index in [4.69, 9.17) is 5.73 Å². The Morgan fingerprint density at radius 1 is 1.00 bits per heavy atom. The Morgan fingerprint density at radius 3 is 2.59 bits per heavy atom. The van der Waals surface area contributed by atoms with Crippen molar-refractivity contribution in [1.82, 2.24) is 20.3 Å². The molecule has 108 valence electrons. The first kappa shape index (κ1) is 12.6. The molecule has 4 aromatic rings. The summed E-state index contributed by atoms with van der Waals surface area (Å²) in [6.07, 6.45) is 0. The molecule has 4 N–H and O–H groups in total. The maximum absolute atomic E-state index is 6.21. The fourth-order valence-corrected chi connectivity index (χ4v) is 2.48. The van der Waals surface area contributed by atoms with E-state index in [-0.39, 0.29) is 0 Å². The number of aromatic amines is 2. The minimum atomic E-state index is 0.558. The molecule has 0 aliphatic rings. The predicted octanol–water partition coefficient (Wildman–Crippen LogP) is 1.87. The quantitative estimate of drug-likeness (QED) is 0.504. The van der Waals surface area contributed by atoms with Crippen LogP contribution in [0.15, 0.2) is 54.6 Å². The van der Waals surface area contributed by atoms with Crippen LogP contribution >= 0.6 is 0 Å². The Labute approximate surface area is 126 Å². The Bertz CT molecular complexity index is 889. The van der Waals surface area contributed by atoms with E-state index in [0.29, 0.717) is 23.9 Å². The van der Waals surface area contributed by atoms with Crippen LogP contribution in [0.3, 0.4) is 0 Å². The Morgan fingerprint density at radius 2 is 1.77 bits per heavy atom. The molecule has 0 spiro atoms. The number of hydrogen-bond acceptors (Lipinski definition) is 3. The largest absolute Gasteiger partial charge is 0.335 e. The van der Waals surface area contributed by atoms with E-state index in [0.717, 1.165) is 16.6 Å². The third-order valence-corrected chi connectivity index (χ3v) is 3.61. The highest BCUT2D eigenvalue weighted by atomic mass is 15.5. The van der Waals surface area contributed by atoms with Crippen LogP contribution in [0.1, 0.15) is 5.56 Å². The highest BCUT2D eigenvalue weighted by molar-refractivity contribution is 5.79. The summed E-state index contributed by atoms with van der Waals surface area (Å²) in [6, 6.07) is 17.9.